The summed E-state index contributed by atoms with van der Waals surface area (Å²) in [6.07, 6.45) is 3.67. The predicted octanol–water partition coefficient (Wildman–Crippen LogP) is 6.59. The molecule has 4 aromatic rings. The van der Waals surface area contributed by atoms with Crippen LogP contribution in [0.1, 0.15) is 16.7 Å². The van der Waals surface area contributed by atoms with E-state index in [1.54, 1.807) is 11.3 Å². The third-order valence-electron chi connectivity index (χ3n) is 4.73. The molecule has 0 N–H and O–H groups in total. The summed E-state index contributed by atoms with van der Waals surface area (Å²) in [5, 5.41) is 1.03. The van der Waals surface area contributed by atoms with Crippen molar-refractivity contribution in [2.24, 2.45) is 0 Å². The summed E-state index contributed by atoms with van der Waals surface area (Å²) in [6.45, 7) is 4.28. The maximum atomic E-state index is 5.03. The predicted molar refractivity (Wildman–Crippen MR) is 118 cm³/mol. The molecule has 0 atom stereocenters. The minimum absolute atomic E-state index is 0.744. The number of benzene rings is 2. The molecular weight excluding hydrogens is 368 g/mol. The Labute approximate surface area is 169 Å². The first-order valence-electron chi connectivity index (χ1n) is 8.85. The maximum absolute atomic E-state index is 5.03. The lowest BCUT2D eigenvalue weighted by atomic mass is 10.0. The molecule has 0 bridgehead atoms. The van der Waals surface area contributed by atoms with Crippen LogP contribution in [0.2, 0.25) is 0 Å². The van der Waals surface area contributed by atoms with E-state index in [4.69, 9.17) is 4.98 Å². The van der Waals surface area contributed by atoms with Crippen molar-refractivity contribution in [2.45, 2.75) is 19.6 Å². The monoisotopic (exact) mass is 388 g/mol. The van der Waals surface area contributed by atoms with Crippen molar-refractivity contribution in [2.75, 3.05) is 0 Å². The maximum Gasteiger partial charge on any atom is 0.124 e. The van der Waals surface area contributed by atoms with Crippen molar-refractivity contribution in [3.8, 4) is 32.3 Å². The van der Waals surface area contributed by atoms with Gasteiger partial charge in [-0.2, -0.15) is 12.6 Å². The first kappa shape index (κ1) is 18.0. The van der Waals surface area contributed by atoms with Gasteiger partial charge in [0.2, 0.25) is 0 Å². The van der Waals surface area contributed by atoms with E-state index in [0.29, 0.717) is 0 Å². The molecule has 0 saturated carbocycles. The third-order valence-corrected chi connectivity index (χ3v) is 6.25. The van der Waals surface area contributed by atoms with Crippen molar-refractivity contribution in [3.05, 3.63) is 83.7 Å². The summed E-state index contributed by atoms with van der Waals surface area (Å²) in [5.41, 5.74) is 8.25. The first-order valence-corrected chi connectivity index (χ1v) is 10.3. The molecule has 0 unspecified atom stereocenters. The van der Waals surface area contributed by atoms with Gasteiger partial charge in [0.25, 0.3) is 0 Å². The van der Waals surface area contributed by atoms with E-state index in [0.717, 1.165) is 33.1 Å². The molecule has 2 aromatic heterocycles. The minimum Gasteiger partial charge on any atom is -0.265 e. The van der Waals surface area contributed by atoms with Crippen LogP contribution in [0.25, 0.3) is 32.3 Å². The molecule has 0 saturated heterocycles. The van der Waals surface area contributed by atoms with Crippen molar-refractivity contribution in [3.63, 3.8) is 0 Å². The number of hydrogen-bond acceptors (Lipinski definition) is 4. The highest BCUT2D eigenvalue weighted by molar-refractivity contribution is 7.79. The largest absolute Gasteiger partial charge is 0.265 e. The summed E-state index contributed by atoms with van der Waals surface area (Å²) in [6, 6.07) is 19.1. The van der Waals surface area contributed by atoms with Crippen LogP contribution < -0.4 is 0 Å². The van der Waals surface area contributed by atoms with Gasteiger partial charge in [-0.15, -0.1) is 11.3 Å². The van der Waals surface area contributed by atoms with Gasteiger partial charge < -0.3 is 0 Å². The van der Waals surface area contributed by atoms with Gasteiger partial charge in [0.15, 0.2) is 0 Å². The third kappa shape index (κ3) is 3.68. The van der Waals surface area contributed by atoms with Gasteiger partial charge in [0.1, 0.15) is 5.01 Å². The van der Waals surface area contributed by atoms with E-state index in [1.807, 2.05) is 24.5 Å². The van der Waals surface area contributed by atoms with Crippen LogP contribution in [0.3, 0.4) is 0 Å². The highest BCUT2D eigenvalue weighted by Crippen LogP contribution is 2.40. The van der Waals surface area contributed by atoms with Crippen LogP contribution in [0.5, 0.6) is 0 Å². The second-order valence-electron chi connectivity index (χ2n) is 6.59. The number of hydrogen-bond donors (Lipinski definition) is 1. The number of aromatic nitrogens is 2. The summed E-state index contributed by atoms with van der Waals surface area (Å²) in [4.78, 5) is 10.4. The number of rotatable bonds is 4. The molecule has 0 radical (unpaired) electrons. The Morgan fingerprint density at radius 2 is 1.52 bits per heavy atom. The molecule has 4 rings (SSSR count). The van der Waals surface area contributed by atoms with Crippen molar-refractivity contribution < 1.29 is 0 Å². The standard InChI is InChI=1S/C23H20N2S2/c1-15-3-6-20(13-16(15)2)21-22(18-9-11-24-12-10-18)27-23(25-21)19-7-4-17(14-26)5-8-19/h3-13,26H,14H2,1-2H3. The summed E-state index contributed by atoms with van der Waals surface area (Å²) in [7, 11) is 0. The SMILES string of the molecule is Cc1ccc(-c2nc(-c3ccc(CS)cc3)sc2-c2ccncc2)cc1C. The second-order valence-corrected chi connectivity index (χ2v) is 7.90. The zero-order valence-electron chi connectivity index (χ0n) is 15.3. The molecule has 0 aliphatic heterocycles. The first-order chi connectivity index (χ1) is 13.2. The second kappa shape index (κ2) is 7.67. The molecule has 0 aliphatic rings. The van der Waals surface area contributed by atoms with Crippen molar-refractivity contribution in [1.29, 1.82) is 0 Å². The average Bonchev–Trinajstić information content (AvgIpc) is 3.16. The van der Waals surface area contributed by atoms with E-state index in [1.165, 1.54) is 21.6 Å². The summed E-state index contributed by atoms with van der Waals surface area (Å²) in [5.74, 6) is 0.744. The number of thiazole rings is 1. The van der Waals surface area contributed by atoms with Crippen LogP contribution in [0, 0.1) is 13.8 Å². The van der Waals surface area contributed by atoms with Crippen molar-refractivity contribution >= 4 is 24.0 Å². The van der Waals surface area contributed by atoms with Gasteiger partial charge in [0, 0.05) is 29.3 Å². The number of nitrogens with zero attached hydrogens (tertiary/aromatic N) is 2. The average molecular weight is 389 g/mol. The van der Waals surface area contributed by atoms with Crippen LogP contribution in [-0.2, 0) is 5.75 Å². The lowest BCUT2D eigenvalue weighted by Crippen LogP contribution is -1.87. The van der Waals surface area contributed by atoms with E-state index < -0.39 is 0 Å². The topological polar surface area (TPSA) is 25.8 Å². The zero-order valence-corrected chi connectivity index (χ0v) is 17.0. The molecule has 0 spiro atoms. The quantitative estimate of drug-likeness (QED) is 0.399. The number of pyridine rings is 1. The molecule has 0 amide bonds. The Balaban J connectivity index is 1.87. The molecule has 2 nitrogen and oxygen atoms in total. The molecule has 0 aliphatic carbocycles. The van der Waals surface area contributed by atoms with Gasteiger partial charge in [0.05, 0.1) is 10.6 Å². The van der Waals surface area contributed by atoms with Crippen LogP contribution in [0.15, 0.2) is 67.0 Å². The lowest BCUT2D eigenvalue weighted by Gasteiger charge is -2.05. The lowest BCUT2D eigenvalue weighted by molar-refractivity contribution is 1.32. The van der Waals surface area contributed by atoms with Crippen LogP contribution in [0.4, 0.5) is 0 Å². The summed E-state index contributed by atoms with van der Waals surface area (Å²) >= 11 is 6.07. The number of aryl methyl sites for hydroxylation is 2. The van der Waals surface area contributed by atoms with E-state index in [-0.39, 0.29) is 0 Å². The van der Waals surface area contributed by atoms with Gasteiger partial charge in [-0.1, -0.05) is 36.4 Å². The van der Waals surface area contributed by atoms with Crippen LogP contribution in [-0.4, -0.2) is 9.97 Å². The Bertz CT molecular complexity index is 1070. The molecule has 2 aromatic carbocycles. The van der Waals surface area contributed by atoms with Gasteiger partial charge >= 0.3 is 0 Å². The fourth-order valence-electron chi connectivity index (χ4n) is 2.98. The van der Waals surface area contributed by atoms with E-state index in [2.05, 4.69) is 73.9 Å². The molecule has 27 heavy (non-hydrogen) atoms. The fraction of sp³-hybridized carbons (Fsp3) is 0.130. The molecule has 0 fully saturated rings. The Hall–Kier alpha value is -2.43. The highest BCUT2D eigenvalue weighted by atomic mass is 32.1. The van der Waals surface area contributed by atoms with Crippen molar-refractivity contribution in [1.82, 2.24) is 9.97 Å². The molecular formula is C23H20N2S2. The van der Waals surface area contributed by atoms with Gasteiger partial charge in [-0.05, 0) is 54.3 Å². The molecule has 4 heteroatoms. The Morgan fingerprint density at radius 1 is 0.815 bits per heavy atom. The van der Waals surface area contributed by atoms with Crippen LogP contribution >= 0.6 is 24.0 Å². The smallest absolute Gasteiger partial charge is 0.124 e. The molecule has 134 valence electrons. The zero-order chi connectivity index (χ0) is 18.8. The van der Waals surface area contributed by atoms with Gasteiger partial charge in [-0.25, -0.2) is 4.98 Å². The Morgan fingerprint density at radius 3 is 2.19 bits per heavy atom. The van der Waals surface area contributed by atoms with E-state index >= 15 is 0 Å². The Kier molecular flexibility index (Phi) is 5.10. The van der Waals surface area contributed by atoms with Gasteiger partial charge in [-0.3, -0.25) is 4.98 Å². The number of thiol groups is 1. The summed E-state index contributed by atoms with van der Waals surface area (Å²) < 4.78 is 0. The molecule has 2 heterocycles. The normalized spacial score (nSPS) is 10.9. The highest BCUT2D eigenvalue weighted by Gasteiger charge is 2.16. The van der Waals surface area contributed by atoms with E-state index in [9.17, 15) is 0 Å². The minimum atomic E-state index is 0.744. The fourth-order valence-corrected chi connectivity index (χ4v) is 4.29.